The Morgan fingerprint density at radius 3 is 1.73 bits per heavy atom. The van der Waals surface area contributed by atoms with E-state index in [-0.39, 0.29) is 0 Å². The lowest BCUT2D eigenvalue weighted by Gasteiger charge is -2.09. The highest BCUT2D eigenvalue weighted by molar-refractivity contribution is 6.28. The van der Waals surface area contributed by atoms with Gasteiger partial charge in [0.25, 0.3) is 0 Å². The number of para-hydroxylation sites is 4. The summed E-state index contributed by atoms with van der Waals surface area (Å²) in [5.74, 6) is 0.593. The first-order valence-electron chi connectivity index (χ1n) is 17.3. The quantitative estimate of drug-likeness (QED) is 0.188. The fourth-order valence-electron chi connectivity index (χ4n) is 8.28. The van der Waals surface area contributed by atoms with Gasteiger partial charge in [-0.15, -0.1) is 0 Å². The van der Waals surface area contributed by atoms with Gasteiger partial charge in [0.2, 0.25) is 0 Å². The lowest BCUT2D eigenvalue weighted by atomic mass is 10.0. The van der Waals surface area contributed by atoms with Crippen molar-refractivity contribution < 1.29 is 13.3 Å². The third kappa shape index (κ3) is 3.67. The van der Waals surface area contributed by atoms with Crippen molar-refractivity contribution in [3.8, 4) is 28.3 Å². The van der Waals surface area contributed by atoms with Gasteiger partial charge in [-0.3, -0.25) is 0 Å². The molecule has 6 heteroatoms. The molecule has 0 atom stereocenters. The van der Waals surface area contributed by atoms with Crippen molar-refractivity contribution in [1.82, 2.24) is 14.5 Å². The SMILES string of the molecule is c1ccc(-n2c3ccccc3c3c4c(ccc32)oc2c(-c3cccc5oc6ccccc6c35)nc(-c3cccc5oc6ccccc6c35)nc24)cc1. The topological polar surface area (TPSA) is 70.1 Å². The van der Waals surface area contributed by atoms with E-state index in [1.165, 1.54) is 0 Å². The molecule has 12 aromatic rings. The summed E-state index contributed by atoms with van der Waals surface area (Å²) in [5.41, 5.74) is 11.2. The van der Waals surface area contributed by atoms with Crippen LogP contribution in [0.15, 0.2) is 165 Å². The fourth-order valence-corrected chi connectivity index (χ4v) is 8.28. The number of fused-ring (bicyclic) bond motifs is 13. The Labute approximate surface area is 294 Å². The highest BCUT2D eigenvalue weighted by Crippen LogP contribution is 2.46. The molecule has 5 heterocycles. The van der Waals surface area contributed by atoms with Gasteiger partial charge >= 0.3 is 0 Å². The lowest BCUT2D eigenvalue weighted by Crippen LogP contribution is -1.95. The zero-order valence-corrected chi connectivity index (χ0v) is 27.5. The number of hydrogen-bond acceptors (Lipinski definition) is 5. The Morgan fingerprint density at radius 2 is 0.981 bits per heavy atom. The van der Waals surface area contributed by atoms with Crippen LogP contribution in [0.3, 0.4) is 0 Å². The zero-order valence-electron chi connectivity index (χ0n) is 27.5. The number of benzene rings is 7. The highest BCUT2D eigenvalue weighted by Gasteiger charge is 2.26. The van der Waals surface area contributed by atoms with Crippen molar-refractivity contribution in [3.05, 3.63) is 152 Å². The Bertz CT molecular complexity index is 3420. The molecule has 5 aromatic heterocycles. The molecule has 242 valence electrons. The highest BCUT2D eigenvalue weighted by atomic mass is 16.3. The molecule has 0 radical (unpaired) electrons. The molecular formula is C46H25N3O3. The summed E-state index contributed by atoms with van der Waals surface area (Å²) in [6, 6.07) is 51.8. The van der Waals surface area contributed by atoms with Crippen LogP contribution in [0.1, 0.15) is 0 Å². The Hall–Kier alpha value is -7.18. The van der Waals surface area contributed by atoms with Crippen LogP contribution in [0.25, 0.3) is 116 Å². The van der Waals surface area contributed by atoms with Crippen molar-refractivity contribution in [1.29, 1.82) is 0 Å². The first-order chi connectivity index (χ1) is 25.8. The molecule has 0 fully saturated rings. The van der Waals surface area contributed by atoms with Crippen LogP contribution in [-0.2, 0) is 0 Å². The predicted molar refractivity (Wildman–Crippen MR) is 209 cm³/mol. The van der Waals surface area contributed by atoms with Gasteiger partial charge in [0.1, 0.15) is 39.1 Å². The molecule has 0 aliphatic carbocycles. The second kappa shape index (κ2) is 10.2. The van der Waals surface area contributed by atoms with Gasteiger partial charge in [-0.2, -0.15) is 0 Å². The van der Waals surface area contributed by atoms with Crippen LogP contribution in [0.2, 0.25) is 0 Å². The molecule has 0 spiro atoms. The lowest BCUT2D eigenvalue weighted by molar-refractivity contribution is 0.667. The monoisotopic (exact) mass is 667 g/mol. The fraction of sp³-hybridized carbons (Fsp3) is 0. The van der Waals surface area contributed by atoms with E-state index in [1.807, 2.05) is 66.7 Å². The molecule has 0 amide bonds. The Morgan fingerprint density at radius 1 is 0.385 bits per heavy atom. The number of aromatic nitrogens is 3. The average Bonchev–Trinajstić information content (AvgIpc) is 3.96. The summed E-state index contributed by atoms with van der Waals surface area (Å²) < 4.78 is 21.9. The van der Waals surface area contributed by atoms with Crippen LogP contribution < -0.4 is 0 Å². The maximum Gasteiger partial charge on any atom is 0.180 e. The van der Waals surface area contributed by atoms with Crippen molar-refractivity contribution in [3.63, 3.8) is 0 Å². The first kappa shape index (κ1) is 27.6. The number of hydrogen-bond donors (Lipinski definition) is 0. The van der Waals surface area contributed by atoms with Gasteiger partial charge in [-0.1, -0.05) is 97.1 Å². The van der Waals surface area contributed by atoms with Crippen LogP contribution in [0.5, 0.6) is 0 Å². The van der Waals surface area contributed by atoms with Gasteiger partial charge in [0, 0.05) is 49.1 Å². The van der Waals surface area contributed by atoms with Gasteiger partial charge in [-0.05, 0) is 54.6 Å². The molecule has 7 aromatic carbocycles. The molecule has 0 saturated heterocycles. The third-order valence-corrected chi connectivity index (χ3v) is 10.4. The van der Waals surface area contributed by atoms with Crippen molar-refractivity contribution in [2.75, 3.05) is 0 Å². The minimum absolute atomic E-state index is 0.593. The zero-order chi connectivity index (χ0) is 33.9. The van der Waals surface area contributed by atoms with E-state index in [4.69, 9.17) is 23.2 Å². The molecule has 0 saturated carbocycles. The summed E-state index contributed by atoms with van der Waals surface area (Å²) in [6.45, 7) is 0. The largest absolute Gasteiger partial charge is 0.456 e. The molecule has 0 N–H and O–H groups in total. The molecule has 0 bridgehead atoms. The maximum absolute atomic E-state index is 6.90. The molecule has 0 aliphatic rings. The molecular weight excluding hydrogens is 643 g/mol. The van der Waals surface area contributed by atoms with Gasteiger partial charge in [0.15, 0.2) is 11.4 Å². The van der Waals surface area contributed by atoms with Crippen LogP contribution in [0.4, 0.5) is 0 Å². The maximum atomic E-state index is 6.90. The first-order valence-corrected chi connectivity index (χ1v) is 17.3. The van der Waals surface area contributed by atoms with Crippen LogP contribution in [-0.4, -0.2) is 14.5 Å². The van der Waals surface area contributed by atoms with Crippen molar-refractivity contribution in [2.45, 2.75) is 0 Å². The number of furan rings is 3. The van der Waals surface area contributed by atoms with E-state index in [2.05, 4.69) is 89.5 Å². The normalized spacial score (nSPS) is 12.2. The van der Waals surface area contributed by atoms with E-state index < -0.39 is 0 Å². The average molecular weight is 668 g/mol. The summed E-state index contributed by atoms with van der Waals surface area (Å²) in [7, 11) is 0. The van der Waals surface area contributed by atoms with E-state index >= 15 is 0 Å². The smallest absolute Gasteiger partial charge is 0.180 e. The number of rotatable bonds is 3. The molecule has 0 aliphatic heterocycles. The second-order valence-corrected chi connectivity index (χ2v) is 13.3. The molecule has 0 unspecified atom stereocenters. The predicted octanol–water partition coefficient (Wildman–Crippen LogP) is 12.6. The standard InChI is InChI=1S/C46H25N3O3/c1-2-12-26(13-3-1)49-32-19-7-4-14-27(32)41-33(49)24-25-38-42(41)44-45(52-38)43(30-17-10-22-36-39(30)28-15-5-8-20-34(28)50-36)47-46(48-44)31-18-11-23-37-40(31)29-16-6-9-21-35(29)51-37/h1-25H. The molecule has 52 heavy (non-hydrogen) atoms. The minimum Gasteiger partial charge on any atom is -0.456 e. The molecule has 6 nitrogen and oxygen atoms in total. The summed E-state index contributed by atoms with van der Waals surface area (Å²) in [5, 5.41) is 7.18. The van der Waals surface area contributed by atoms with Crippen molar-refractivity contribution in [2.24, 2.45) is 0 Å². The molecule has 12 rings (SSSR count). The third-order valence-electron chi connectivity index (χ3n) is 10.4. The van der Waals surface area contributed by atoms with Gasteiger partial charge in [-0.25, -0.2) is 9.97 Å². The summed E-state index contributed by atoms with van der Waals surface area (Å²) >= 11 is 0. The van der Waals surface area contributed by atoms with E-state index in [1.54, 1.807) is 0 Å². The second-order valence-electron chi connectivity index (χ2n) is 13.3. The van der Waals surface area contributed by atoms with Crippen LogP contribution >= 0.6 is 0 Å². The Kier molecular flexibility index (Phi) is 5.41. The Balaban J connectivity index is 1.28. The van der Waals surface area contributed by atoms with Crippen molar-refractivity contribution >= 4 is 87.8 Å². The summed E-state index contributed by atoms with van der Waals surface area (Å²) in [4.78, 5) is 10.9. The van der Waals surface area contributed by atoms with Gasteiger partial charge in [0.05, 0.1) is 16.4 Å². The summed E-state index contributed by atoms with van der Waals surface area (Å²) in [6.07, 6.45) is 0. The van der Waals surface area contributed by atoms with Crippen LogP contribution in [0, 0.1) is 0 Å². The van der Waals surface area contributed by atoms with E-state index in [9.17, 15) is 0 Å². The van der Waals surface area contributed by atoms with E-state index in [0.29, 0.717) is 17.1 Å². The minimum atomic E-state index is 0.593. The van der Waals surface area contributed by atoms with E-state index in [0.717, 1.165) is 99.0 Å². The number of nitrogens with zero attached hydrogens (tertiary/aromatic N) is 3. The van der Waals surface area contributed by atoms with Gasteiger partial charge < -0.3 is 17.8 Å².